The van der Waals surface area contributed by atoms with Gasteiger partial charge < -0.3 is 14.6 Å². The minimum absolute atomic E-state index is 0.0479. The van der Waals surface area contributed by atoms with Gasteiger partial charge in [0.05, 0.1) is 19.3 Å². The van der Waals surface area contributed by atoms with E-state index in [9.17, 15) is 5.11 Å². The number of aliphatic hydroxyl groups excluding tert-OH is 1. The second-order valence-electron chi connectivity index (χ2n) is 4.52. The SMILES string of the molecule is CCCC(OC)C(O)CCc1ccc(OC)cc1. The van der Waals surface area contributed by atoms with Crippen LogP contribution in [0.5, 0.6) is 5.75 Å². The van der Waals surface area contributed by atoms with E-state index >= 15 is 0 Å². The van der Waals surface area contributed by atoms with E-state index in [0.717, 1.165) is 31.4 Å². The summed E-state index contributed by atoms with van der Waals surface area (Å²) >= 11 is 0. The Balaban J connectivity index is 2.42. The minimum Gasteiger partial charge on any atom is -0.497 e. The van der Waals surface area contributed by atoms with Crippen molar-refractivity contribution in [2.45, 2.75) is 44.8 Å². The molecule has 0 saturated carbocycles. The molecule has 0 radical (unpaired) electrons. The van der Waals surface area contributed by atoms with Crippen molar-refractivity contribution in [2.24, 2.45) is 0 Å². The Morgan fingerprint density at radius 2 is 1.78 bits per heavy atom. The molecule has 2 unspecified atom stereocenters. The van der Waals surface area contributed by atoms with Gasteiger partial charge in [-0.25, -0.2) is 0 Å². The molecule has 3 nitrogen and oxygen atoms in total. The highest BCUT2D eigenvalue weighted by molar-refractivity contribution is 5.27. The second kappa shape index (κ2) is 8.11. The van der Waals surface area contributed by atoms with Crippen LogP contribution in [0.4, 0.5) is 0 Å². The molecule has 1 N–H and O–H groups in total. The molecule has 1 aromatic carbocycles. The Hall–Kier alpha value is -1.06. The Morgan fingerprint density at radius 1 is 1.11 bits per heavy atom. The fourth-order valence-electron chi connectivity index (χ4n) is 2.04. The summed E-state index contributed by atoms with van der Waals surface area (Å²) in [4.78, 5) is 0. The minimum atomic E-state index is -0.392. The fourth-order valence-corrected chi connectivity index (χ4v) is 2.04. The largest absolute Gasteiger partial charge is 0.497 e. The molecular formula is C15H24O3. The number of methoxy groups -OCH3 is 2. The quantitative estimate of drug-likeness (QED) is 0.773. The predicted octanol–water partition coefficient (Wildman–Crippen LogP) is 2.80. The van der Waals surface area contributed by atoms with Crippen LogP contribution in [-0.4, -0.2) is 31.5 Å². The number of aryl methyl sites for hydroxylation is 1. The lowest BCUT2D eigenvalue weighted by Gasteiger charge is -2.21. The molecule has 2 atom stereocenters. The monoisotopic (exact) mass is 252 g/mol. The predicted molar refractivity (Wildman–Crippen MR) is 73.0 cm³/mol. The third-order valence-corrected chi connectivity index (χ3v) is 3.19. The van der Waals surface area contributed by atoms with Crippen molar-refractivity contribution < 1.29 is 14.6 Å². The van der Waals surface area contributed by atoms with Crippen LogP contribution in [0.2, 0.25) is 0 Å². The second-order valence-corrected chi connectivity index (χ2v) is 4.52. The van der Waals surface area contributed by atoms with Gasteiger partial charge in [-0.3, -0.25) is 0 Å². The first-order chi connectivity index (χ1) is 8.71. The molecule has 0 heterocycles. The average Bonchev–Trinajstić information content (AvgIpc) is 2.42. The van der Waals surface area contributed by atoms with Gasteiger partial charge in [0.1, 0.15) is 5.75 Å². The molecular weight excluding hydrogens is 228 g/mol. The van der Waals surface area contributed by atoms with Crippen molar-refractivity contribution >= 4 is 0 Å². The van der Waals surface area contributed by atoms with Crippen LogP contribution >= 0.6 is 0 Å². The maximum atomic E-state index is 10.1. The van der Waals surface area contributed by atoms with Crippen molar-refractivity contribution in [3.05, 3.63) is 29.8 Å². The lowest BCUT2D eigenvalue weighted by Crippen LogP contribution is -2.28. The average molecular weight is 252 g/mol. The van der Waals surface area contributed by atoms with Crippen LogP contribution in [0.25, 0.3) is 0 Å². The first kappa shape index (κ1) is 15.0. The molecule has 3 heteroatoms. The zero-order valence-corrected chi connectivity index (χ0v) is 11.6. The molecule has 1 rings (SSSR count). The Labute approximate surface area is 110 Å². The number of hydrogen-bond acceptors (Lipinski definition) is 3. The van der Waals surface area contributed by atoms with Crippen molar-refractivity contribution in [3.63, 3.8) is 0 Å². The normalized spacial score (nSPS) is 14.2. The highest BCUT2D eigenvalue weighted by Crippen LogP contribution is 2.16. The molecule has 18 heavy (non-hydrogen) atoms. The van der Waals surface area contributed by atoms with Gasteiger partial charge in [-0.2, -0.15) is 0 Å². The number of hydrogen-bond donors (Lipinski definition) is 1. The van der Waals surface area contributed by atoms with E-state index in [0.29, 0.717) is 0 Å². The van der Waals surface area contributed by atoms with E-state index in [1.807, 2.05) is 24.3 Å². The number of rotatable bonds is 8. The van der Waals surface area contributed by atoms with Gasteiger partial charge in [0.2, 0.25) is 0 Å². The molecule has 1 aromatic rings. The fraction of sp³-hybridized carbons (Fsp3) is 0.600. The van der Waals surface area contributed by atoms with Crippen LogP contribution in [0, 0.1) is 0 Å². The van der Waals surface area contributed by atoms with Crippen LogP contribution in [0.1, 0.15) is 31.7 Å². The van der Waals surface area contributed by atoms with Gasteiger partial charge in [0, 0.05) is 7.11 Å². The van der Waals surface area contributed by atoms with Gasteiger partial charge in [0.15, 0.2) is 0 Å². The maximum absolute atomic E-state index is 10.1. The summed E-state index contributed by atoms with van der Waals surface area (Å²) in [5, 5.41) is 10.1. The molecule has 0 aliphatic heterocycles. The molecule has 0 spiro atoms. The topological polar surface area (TPSA) is 38.7 Å². The summed E-state index contributed by atoms with van der Waals surface area (Å²) < 4.78 is 10.4. The van der Waals surface area contributed by atoms with E-state index in [1.54, 1.807) is 14.2 Å². The van der Waals surface area contributed by atoms with Gasteiger partial charge in [0.25, 0.3) is 0 Å². The van der Waals surface area contributed by atoms with Gasteiger partial charge >= 0.3 is 0 Å². The Kier molecular flexibility index (Phi) is 6.76. The maximum Gasteiger partial charge on any atom is 0.118 e. The number of aliphatic hydroxyl groups is 1. The third kappa shape index (κ3) is 4.67. The summed E-state index contributed by atoms with van der Waals surface area (Å²) in [6, 6.07) is 7.96. The standard InChI is InChI=1S/C15H24O3/c1-4-5-15(18-3)14(16)11-8-12-6-9-13(17-2)10-7-12/h6-7,9-10,14-16H,4-5,8,11H2,1-3H3. The molecule has 0 aliphatic carbocycles. The van der Waals surface area contributed by atoms with Crippen LogP contribution in [0.3, 0.4) is 0 Å². The summed E-state index contributed by atoms with van der Waals surface area (Å²) in [5.74, 6) is 0.861. The van der Waals surface area contributed by atoms with Gasteiger partial charge in [-0.1, -0.05) is 25.5 Å². The summed E-state index contributed by atoms with van der Waals surface area (Å²) in [7, 11) is 3.32. The van der Waals surface area contributed by atoms with E-state index in [2.05, 4.69) is 6.92 Å². The molecule has 0 aromatic heterocycles. The number of benzene rings is 1. The molecule has 0 aliphatic rings. The van der Waals surface area contributed by atoms with E-state index in [1.165, 1.54) is 5.56 Å². The lowest BCUT2D eigenvalue weighted by molar-refractivity contribution is -0.0199. The van der Waals surface area contributed by atoms with Crippen molar-refractivity contribution in [1.82, 2.24) is 0 Å². The summed E-state index contributed by atoms with van der Waals surface area (Å²) in [6.07, 6.45) is 3.07. The number of ether oxygens (including phenoxy) is 2. The molecule has 102 valence electrons. The van der Waals surface area contributed by atoms with Crippen molar-refractivity contribution in [2.75, 3.05) is 14.2 Å². The van der Waals surface area contributed by atoms with Gasteiger partial charge in [-0.05, 0) is 37.0 Å². The summed E-state index contributed by atoms with van der Waals surface area (Å²) in [5.41, 5.74) is 1.21. The van der Waals surface area contributed by atoms with E-state index < -0.39 is 6.10 Å². The lowest BCUT2D eigenvalue weighted by atomic mass is 10.0. The van der Waals surface area contributed by atoms with Crippen molar-refractivity contribution in [3.8, 4) is 5.75 Å². The zero-order chi connectivity index (χ0) is 13.4. The van der Waals surface area contributed by atoms with Crippen LogP contribution < -0.4 is 4.74 Å². The Morgan fingerprint density at radius 3 is 2.28 bits per heavy atom. The smallest absolute Gasteiger partial charge is 0.118 e. The third-order valence-electron chi connectivity index (χ3n) is 3.19. The van der Waals surface area contributed by atoms with Crippen LogP contribution in [0.15, 0.2) is 24.3 Å². The van der Waals surface area contributed by atoms with E-state index in [-0.39, 0.29) is 6.10 Å². The zero-order valence-electron chi connectivity index (χ0n) is 11.6. The first-order valence-electron chi connectivity index (χ1n) is 6.55. The highest BCUT2D eigenvalue weighted by Gasteiger charge is 2.17. The first-order valence-corrected chi connectivity index (χ1v) is 6.55. The van der Waals surface area contributed by atoms with E-state index in [4.69, 9.17) is 9.47 Å². The molecule has 0 amide bonds. The summed E-state index contributed by atoms with van der Waals surface area (Å²) in [6.45, 7) is 2.10. The van der Waals surface area contributed by atoms with Crippen molar-refractivity contribution in [1.29, 1.82) is 0 Å². The molecule has 0 saturated heterocycles. The van der Waals surface area contributed by atoms with Crippen LogP contribution in [-0.2, 0) is 11.2 Å². The van der Waals surface area contributed by atoms with Gasteiger partial charge in [-0.15, -0.1) is 0 Å². The highest BCUT2D eigenvalue weighted by atomic mass is 16.5. The molecule has 0 bridgehead atoms. The molecule has 0 fully saturated rings. The Bertz CT molecular complexity index is 321.